The topological polar surface area (TPSA) is 66.2 Å². The fourth-order valence-corrected chi connectivity index (χ4v) is 3.05. The van der Waals surface area contributed by atoms with Crippen LogP contribution < -0.4 is 5.56 Å². The molecule has 1 unspecified atom stereocenters. The van der Waals surface area contributed by atoms with Crippen LogP contribution in [0.3, 0.4) is 0 Å². The van der Waals surface area contributed by atoms with E-state index in [1.165, 1.54) is 11.8 Å². The van der Waals surface area contributed by atoms with Crippen LogP contribution in [0.5, 0.6) is 0 Å². The number of rotatable bonds is 5. The van der Waals surface area contributed by atoms with Gasteiger partial charge in [0.15, 0.2) is 11.4 Å². The van der Waals surface area contributed by atoms with Gasteiger partial charge in [0.2, 0.25) is 0 Å². The lowest BCUT2D eigenvalue weighted by Crippen LogP contribution is -2.30. The second kappa shape index (κ2) is 7.42. The summed E-state index contributed by atoms with van der Waals surface area (Å²) in [6.45, 7) is 3.13. The largest absolute Gasteiger partial charge is 0.353 e. The molecule has 2 aromatic heterocycles. The highest BCUT2D eigenvalue weighted by molar-refractivity contribution is 7.98. The van der Waals surface area contributed by atoms with Crippen LogP contribution in [0, 0.1) is 0 Å². The Labute approximate surface area is 139 Å². The molecule has 2 aromatic rings. The van der Waals surface area contributed by atoms with Crippen molar-refractivity contribution >= 4 is 22.8 Å². The van der Waals surface area contributed by atoms with E-state index in [1.54, 1.807) is 22.9 Å². The van der Waals surface area contributed by atoms with Crippen molar-refractivity contribution in [2.75, 3.05) is 19.5 Å². The van der Waals surface area contributed by atoms with Crippen LogP contribution in [0.1, 0.15) is 32.2 Å². The van der Waals surface area contributed by atoms with Gasteiger partial charge in [0, 0.05) is 24.3 Å². The van der Waals surface area contributed by atoms with E-state index in [0.717, 1.165) is 31.3 Å². The summed E-state index contributed by atoms with van der Waals surface area (Å²) in [6, 6.07) is 3.19. The Kier molecular flexibility index (Phi) is 5.30. The molecule has 0 saturated carbocycles. The van der Waals surface area contributed by atoms with Crippen LogP contribution in [0.15, 0.2) is 28.3 Å². The molecule has 3 rings (SSSR count). The predicted octanol–water partition coefficient (Wildman–Crippen LogP) is 2.62. The lowest BCUT2D eigenvalue weighted by Gasteiger charge is -2.25. The number of fused-ring (bicyclic) bond motifs is 1. The average molecular weight is 335 g/mol. The maximum atomic E-state index is 12.3. The average Bonchev–Trinajstić information content (AvgIpc) is 2.60. The first-order chi connectivity index (χ1) is 11.2. The third kappa shape index (κ3) is 3.73. The monoisotopic (exact) mass is 335 g/mol. The van der Waals surface area contributed by atoms with Gasteiger partial charge < -0.3 is 9.47 Å². The Morgan fingerprint density at radius 2 is 2.35 bits per heavy atom. The minimum Gasteiger partial charge on any atom is -0.353 e. The minimum atomic E-state index is -0.159. The molecule has 1 fully saturated rings. The van der Waals surface area contributed by atoms with Gasteiger partial charge >= 0.3 is 0 Å². The van der Waals surface area contributed by atoms with E-state index in [2.05, 4.69) is 9.97 Å². The van der Waals surface area contributed by atoms with Crippen molar-refractivity contribution in [2.24, 2.45) is 0 Å². The lowest BCUT2D eigenvalue weighted by molar-refractivity contribution is -0.167. The van der Waals surface area contributed by atoms with Gasteiger partial charge in [-0.15, -0.1) is 0 Å². The Bertz CT molecular complexity index is 728. The van der Waals surface area contributed by atoms with Crippen molar-refractivity contribution in [3.05, 3.63) is 28.7 Å². The molecule has 0 bridgehead atoms. The third-order valence-electron chi connectivity index (χ3n) is 3.93. The zero-order chi connectivity index (χ0) is 16.2. The Morgan fingerprint density at radius 1 is 1.48 bits per heavy atom. The molecule has 0 aromatic carbocycles. The molecular weight excluding hydrogens is 314 g/mol. The number of nitrogens with zero attached hydrogens (tertiary/aromatic N) is 3. The Hall–Kier alpha value is -1.44. The molecule has 1 aliphatic rings. The quantitative estimate of drug-likeness (QED) is 0.618. The summed E-state index contributed by atoms with van der Waals surface area (Å²) >= 11 is 1.46. The summed E-state index contributed by atoms with van der Waals surface area (Å²) in [5.41, 5.74) is 0.571. The van der Waals surface area contributed by atoms with Crippen LogP contribution in [0.2, 0.25) is 0 Å². The minimum absolute atomic E-state index is 0.0797. The number of aromatic nitrogens is 3. The smallest absolute Gasteiger partial charge is 0.252 e. The fourth-order valence-electron chi connectivity index (χ4n) is 2.71. The van der Waals surface area contributed by atoms with E-state index < -0.39 is 0 Å². The third-order valence-corrected chi connectivity index (χ3v) is 4.49. The van der Waals surface area contributed by atoms with Crippen LogP contribution in [0.4, 0.5) is 0 Å². The number of hydrogen-bond acceptors (Lipinski definition) is 6. The number of ether oxygens (including phenoxy) is 2. The molecule has 0 amide bonds. The van der Waals surface area contributed by atoms with Crippen LogP contribution in [-0.2, 0) is 9.47 Å². The number of hydrogen-bond donors (Lipinski definition) is 0. The summed E-state index contributed by atoms with van der Waals surface area (Å²) in [4.78, 5) is 21.1. The molecule has 0 spiro atoms. The maximum Gasteiger partial charge on any atom is 0.252 e. The predicted molar refractivity (Wildman–Crippen MR) is 89.8 cm³/mol. The Balaban J connectivity index is 1.84. The second-order valence-corrected chi connectivity index (χ2v) is 6.43. The molecule has 1 aliphatic heterocycles. The second-order valence-electron chi connectivity index (χ2n) is 5.66. The highest BCUT2D eigenvalue weighted by atomic mass is 32.2. The Morgan fingerprint density at radius 3 is 3.09 bits per heavy atom. The van der Waals surface area contributed by atoms with E-state index in [1.807, 2.05) is 13.2 Å². The van der Waals surface area contributed by atoms with E-state index >= 15 is 0 Å². The van der Waals surface area contributed by atoms with Crippen molar-refractivity contribution in [1.82, 2.24) is 14.5 Å². The first-order valence-electron chi connectivity index (χ1n) is 7.84. The lowest BCUT2D eigenvalue weighted by atomic mass is 10.2. The normalized spacial score (nSPS) is 19.8. The van der Waals surface area contributed by atoms with Gasteiger partial charge in [-0.1, -0.05) is 11.8 Å². The van der Waals surface area contributed by atoms with Crippen molar-refractivity contribution in [2.45, 2.75) is 43.7 Å². The first kappa shape index (κ1) is 16.4. The zero-order valence-electron chi connectivity index (χ0n) is 13.4. The molecule has 124 valence electrons. The molecule has 0 aliphatic carbocycles. The van der Waals surface area contributed by atoms with E-state index in [9.17, 15) is 4.79 Å². The molecule has 6 nitrogen and oxygen atoms in total. The van der Waals surface area contributed by atoms with Crippen LogP contribution in [-0.4, -0.2) is 40.3 Å². The van der Waals surface area contributed by atoms with Crippen LogP contribution >= 0.6 is 11.8 Å². The first-order valence-corrected chi connectivity index (χ1v) is 9.07. The molecular formula is C16H21N3O3S. The van der Waals surface area contributed by atoms with Gasteiger partial charge in [-0.25, -0.2) is 9.97 Å². The highest BCUT2D eigenvalue weighted by Crippen LogP contribution is 2.19. The number of pyridine rings is 1. The molecule has 23 heavy (non-hydrogen) atoms. The van der Waals surface area contributed by atoms with Gasteiger partial charge in [-0.2, -0.15) is 0 Å². The SMILES string of the molecule is CSc1ncc2ccc(=O)n([C@@H](C)COC3CCCCO3)c2n1. The summed E-state index contributed by atoms with van der Waals surface area (Å²) in [7, 11) is 0. The van der Waals surface area contributed by atoms with E-state index in [-0.39, 0.29) is 17.9 Å². The maximum absolute atomic E-state index is 12.3. The van der Waals surface area contributed by atoms with Gasteiger partial charge in [-0.05, 0) is 38.5 Å². The van der Waals surface area contributed by atoms with Crippen molar-refractivity contribution in [3.63, 3.8) is 0 Å². The van der Waals surface area contributed by atoms with Crippen LogP contribution in [0.25, 0.3) is 11.0 Å². The molecule has 7 heteroatoms. The summed E-state index contributed by atoms with van der Waals surface area (Å²) in [5.74, 6) is 0. The molecule has 0 radical (unpaired) electrons. The van der Waals surface area contributed by atoms with Crippen molar-refractivity contribution in [1.29, 1.82) is 0 Å². The van der Waals surface area contributed by atoms with Gasteiger partial charge in [0.1, 0.15) is 5.65 Å². The highest BCUT2D eigenvalue weighted by Gasteiger charge is 2.18. The summed E-state index contributed by atoms with van der Waals surface area (Å²) < 4.78 is 13.1. The zero-order valence-corrected chi connectivity index (χ0v) is 14.2. The molecule has 2 atom stereocenters. The van der Waals surface area contributed by atoms with Gasteiger partial charge in [0.25, 0.3) is 5.56 Å². The molecule has 1 saturated heterocycles. The molecule has 0 N–H and O–H groups in total. The van der Waals surface area contributed by atoms with Crippen molar-refractivity contribution in [3.8, 4) is 0 Å². The summed E-state index contributed by atoms with van der Waals surface area (Å²) in [5, 5.41) is 1.50. The number of thioether (sulfide) groups is 1. The van der Waals surface area contributed by atoms with Gasteiger partial charge in [0.05, 0.1) is 12.6 Å². The molecule has 3 heterocycles. The van der Waals surface area contributed by atoms with E-state index in [0.29, 0.717) is 17.4 Å². The summed E-state index contributed by atoms with van der Waals surface area (Å²) in [6.07, 6.45) is 6.63. The standard InChI is InChI=1S/C16H21N3O3S/c1-11(10-22-14-5-3-4-8-21-14)19-13(20)7-6-12-9-17-16(23-2)18-15(12)19/h6-7,9,11,14H,3-5,8,10H2,1-2H3/t11-,14?/m0/s1. The van der Waals surface area contributed by atoms with Gasteiger partial charge in [-0.3, -0.25) is 9.36 Å². The van der Waals surface area contributed by atoms with E-state index in [4.69, 9.17) is 9.47 Å². The van der Waals surface area contributed by atoms with Crippen molar-refractivity contribution < 1.29 is 9.47 Å². The fraction of sp³-hybridized carbons (Fsp3) is 0.562.